The number of carbonyl (C=O) groups excluding carboxylic acids is 2. The Morgan fingerprint density at radius 2 is 1.02 bits per heavy atom. The number of esters is 1. The molecule has 0 aliphatic rings. The van der Waals surface area contributed by atoms with Gasteiger partial charge in [0.25, 0.3) is 0 Å². The summed E-state index contributed by atoms with van der Waals surface area (Å²) in [6.07, 6.45) is 47.5. The van der Waals surface area contributed by atoms with E-state index in [1.54, 1.807) is 0 Å². The van der Waals surface area contributed by atoms with Crippen LogP contribution in [0.5, 0.6) is 0 Å². The number of hydrogen-bond acceptors (Lipinski definition) is 5. The monoisotopic (exact) mass is 744 g/mol. The van der Waals surface area contributed by atoms with Gasteiger partial charge in [0.05, 0.1) is 25.2 Å². The van der Waals surface area contributed by atoms with Crippen molar-refractivity contribution in [1.82, 2.24) is 5.32 Å². The highest BCUT2D eigenvalue weighted by Crippen LogP contribution is 2.17. The summed E-state index contributed by atoms with van der Waals surface area (Å²) in [7, 11) is 0. The Morgan fingerprint density at radius 1 is 0.566 bits per heavy atom. The van der Waals surface area contributed by atoms with Gasteiger partial charge in [0.1, 0.15) is 6.10 Å². The van der Waals surface area contributed by atoms with Crippen molar-refractivity contribution in [2.45, 2.75) is 232 Å². The molecular formula is C47H85NO5. The standard InChI is InChI=1S/C47H85NO5/c1-4-7-10-13-16-18-20-21-22-23-24-26-28-31-34-37-40-47(52)53-43(38-35-32-29-15-12-9-6-3)41-46(51)48-44(42-49)45(50)39-36-33-30-27-25-19-17-14-11-8-5-2/h7,10,16,18,21-22,24,26,43-45,49-50H,4-6,8-9,11-15,17,19-20,23,25,27-42H2,1-3H3,(H,48,51)/b10-7+,18-16+,22-21+,26-24+. The minimum Gasteiger partial charge on any atom is -0.462 e. The van der Waals surface area contributed by atoms with Crippen molar-refractivity contribution in [3.63, 3.8) is 0 Å². The summed E-state index contributed by atoms with van der Waals surface area (Å²) in [6.45, 7) is 6.30. The van der Waals surface area contributed by atoms with Crippen LogP contribution >= 0.6 is 0 Å². The summed E-state index contributed by atoms with van der Waals surface area (Å²) in [5.74, 6) is -0.516. The first-order chi connectivity index (χ1) is 26.0. The Labute approximate surface area is 327 Å². The lowest BCUT2D eigenvalue weighted by molar-refractivity contribution is -0.151. The van der Waals surface area contributed by atoms with Crippen molar-refractivity contribution in [2.24, 2.45) is 0 Å². The molecule has 6 nitrogen and oxygen atoms in total. The molecule has 1 amide bonds. The molecular weight excluding hydrogens is 659 g/mol. The molecule has 0 rings (SSSR count). The van der Waals surface area contributed by atoms with Gasteiger partial charge >= 0.3 is 5.97 Å². The Kier molecular flexibility index (Phi) is 39.3. The van der Waals surface area contributed by atoms with Gasteiger partial charge in [-0.15, -0.1) is 0 Å². The van der Waals surface area contributed by atoms with E-state index >= 15 is 0 Å². The van der Waals surface area contributed by atoms with Crippen molar-refractivity contribution in [1.29, 1.82) is 0 Å². The number of nitrogens with one attached hydrogen (secondary N) is 1. The SMILES string of the molecule is CC/C=C/C/C=C/C/C=C/C/C=C/CCCCCC(=O)OC(CCCCCCCCC)CC(=O)NC(CO)C(O)CCCCCCCCCCCCC. The first-order valence-electron chi connectivity index (χ1n) is 22.4. The molecule has 0 aliphatic heterocycles. The van der Waals surface area contributed by atoms with Crippen LogP contribution in [0.15, 0.2) is 48.6 Å². The molecule has 0 aromatic rings. The van der Waals surface area contributed by atoms with E-state index in [1.807, 2.05) is 0 Å². The maximum atomic E-state index is 13.1. The second kappa shape index (κ2) is 41.0. The average Bonchev–Trinajstić information content (AvgIpc) is 3.15. The van der Waals surface area contributed by atoms with Gasteiger partial charge in [-0.2, -0.15) is 0 Å². The van der Waals surface area contributed by atoms with E-state index in [2.05, 4.69) is 74.7 Å². The molecule has 308 valence electrons. The molecule has 53 heavy (non-hydrogen) atoms. The summed E-state index contributed by atoms with van der Waals surface area (Å²) in [5.41, 5.74) is 0. The van der Waals surface area contributed by atoms with Crippen LogP contribution in [0, 0.1) is 0 Å². The smallest absolute Gasteiger partial charge is 0.306 e. The van der Waals surface area contributed by atoms with Gasteiger partial charge in [0, 0.05) is 6.42 Å². The van der Waals surface area contributed by atoms with Gasteiger partial charge in [0.15, 0.2) is 0 Å². The van der Waals surface area contributed by atoms with Gasteiger partial charge in [-0.25, -0.2) is 0 Å². The number of rotatable bonds is 39. The molecule has 0 radical (unpaired) electrons. The number of aliphatic hydroxyl groups excluding tert-OH is 2. The number of unbranched alkanes of at least 4 members (excludes halogenated alkanes) is 19. The summed E-state index contributed by atoms with van der Waals surface area (Å²) >= 11 is 0. The number of carbonyl (C=O) groups is 2. The van der Waals surface area contributed by atoms with E-state index in [-0.39, 0.29) is 24.9 Å². The molecule has 0 heterocycles. The zero-order chi connectivity index (χ0) is 38.9. The van der Waals surface area contributed by atoms with E-state index in [0.717, 1.165) is 89.9 Å². The highest BCUT2D eigenvalue weighted by Gasteiger charge is 2.24. The molecule has 0 fully saturated rings. The normalized spacial score (nSPS) is 13.8. The quantitative estimate of drug-likeness (QED) is 0.0331. The fraction of sp³-hybridized carbons (Fsp3) is 0.787. The van der Waals surface area contributed by atoms with E-state index in [0.29, 0.717) is 19.3 Å². The topological polar surface area (TPSA) is 95.9 Å². The number of aliphatic hydroxyl groups is 2. The molecule has 3 atom stereocenters. The van der Waals surface area contributed by atoms with Crippen molar-refractivity contribution in [3.8, 4) is 0 Å². The average molecular weight is 744 g/mol. The third-order valence-electron chi connectivity index (χ3n) is 9.92. The molecule has 3 unspecified atom stereocenters. The van der Waals surface area contributed by atoms with Crippen LogP contribution in [-0.4, -0.2) is 46.9 Å². The molecule has 0 aromatic heterocycles. The first kappa shape index (κ1) is 50.8. The van der Waals surface area contributed by atoms with Crippen LogP contribution in [0.1, 0.15) is 213 Å². The van der Waals surface area contributed by atoms with Crippen LogP contribution in [0.3, 0.4) is 0 Å². The van der Waals surface area contributed by atoms with Gasteiger partial charge in [-0.05, 0) is 64.2 Å². The predicted molar refractivity (Wildman–Crippen MR) is 227 cm³/mol. The van der Waals surface area contributed by atoms with Crippen LogP contribution in [0.2, 0.25) is 0 Å². The van der Waals surface area contributed by atoms with Crippen LogP contribution < -0.4 is 5.32 Å². The third-order valence-corrected chi connectivity index (χ3v) is 9.92. The maximum Gasteiger partial charge on any atom is 0.306 e. The molecule has 6 heteroatoms. The maximum absolute atomic E-state index is 13.1. The molecule has 0 bridgehead atoms. The van der Waals surface area contributed by atoms with Crippen LogP contribution in [-0.2, 0) is 14.3 Å². The number of allylic oxidation sites excluding steroid dienone is 8. The lowest BCUT2D eigenvalue weighted by Gasteiger charge is -2.24. The second-order valence-corrected chi connectivity index (χ2v) is 15.1. The highest BCUT2D eigenvalue weighted by molar-refractivity contribution is 5.77. The van der Waals surface area contributed by atoms with Crippen LogP contribution in [0.25, 0.3) is 0 Å². The molecule has 0 saturated carbocycles. The molecule has 3 N–H and O–H groups in total. The van der Waals surface area contributed by atoms with Crippen molar-refractivity contribution >= 4 is 11.9 Å². The summed E-state index contributed by atoms with van der Waals surface area (Å²) in [5, 5.41) is 23.5. The Bertz CT molecular complexity index is 926. The summed E-state index contributed by atoms with van der Waals surface area (Å²) in [4.78, 5) is 25.8. The molecule has 0 saturated heterocycles. The van der Waals surface area contributed by atoms with Gasteiger partial charge in [0.2, 0.25) is 5.91 Å². The largest absolute Gasteiger partial charge is 0.462 e. The number of ether oxygens (including phenoxy) is 1. The Balaban J connectivity index is 4.50. The van der Waals surface area contributed by atoms with Crippen molar-refractivity contribution in [3.05, 3.63) is 48.6 Å². The minimum absolute atomic E-state index is 0.0646. The molecule has 0 aromatic carbocycles. The van der Waals surface area contributed by atoms with E-state index in [4.69, 9.17) is 4.74 Å². The van der Waals surface area contributed by atoms with E-state index < -0.39 is 18.2 Å². The summed E-state index contributed by atoms with van der Waals surface area (Å²) < 4.78 is 5.86. The van der Waals surface area contributed by atoms with Gasteiger partial charge < -0.3 is 20.3 Å². The van der Waals surface area contributed by atoms with Gasteiger partial charge in [-0.3, -0.25) is 9.59 Å². The minimum atomic E-state index is -0.789. The van der Waals surface area contributed by atoms with E-state index in [1.165, 1.54) is 77.0 Å². The fourth-order valence-corrected chi connectivity index (χ4v) is 6.54. The first-order valence-corrected chi connectivity index (χ1v) is 22.4. The lowest BCUT2D eigenvalue weighted by Crippen LogP contribution is -2.46. The second-order valence-electron chi connectivity index (χ2n) is 15.1. The third kappa shape index (κ3) is 36.6. The molecule has 0 aliphatic carbocycles. The lowest BCUT2D eigenvalue weighted by atomic mass is 10.0. The number of amides is 1. The Morgan fingerprint density at radius 3 is 1.53 bits per heavy atom. The number of hydrogen-bond donors (Lipinski definition) is 3. The highest BCUT2D eigenvalue weighted by atomic mass is 16.5. The summed E-state index contributed by atoms with van der Waals surface area (Å²) in [6, 6.07) is -0.703. The zero-order valence-corrected chi connectivity index (χ0v) is 34.9. The van der Waals surface area contributed by atoms with E-state index in [9.17, 15) is 19.8 Å². The van der Waals surface area contributed by atoms with Crippen LogP contribution in [0.4, 0.5) is 0 Å². The zero-order valence-electron chi connectivity index (χ0n) is 34.9. The molecule has 0 spiro atoms. The van der Waals surface area contributed by atoms with Gasteiger partial charge in [-0.1, -0.05) is 185 Å². The predicted octanol–water partition coefficient (Wildman–Crippen LogP) is 12.7. The van der Waals surface area contributed by atoms with Crippen molar-refractivity contribution in [2.75, 3.05) is 6.61 Å². The van der Waals surface area contributed by atoms with Crippen molar-refractivity contribution < 1.29 is 24.5 Å². The fourth-order valence-electron chi connectivity index (χ4n) is 6.54. The Hall–Kier alpha value is -2.18.